The predicted molar refractivity (Wildman–Crippen MR) is 104 cm³/mol. The summed E-state index contributed by atoms with van der Waals surface area (Å²) in [4.78, 5) is 28.3. The summed E-state index contributed by atoms with van der Waals surface area (Å²) in [6, 6.07) is 11.1. The van der Waals surface area contributed by atoms with Crippen LogP contribution in [0.3, 0.4) is 0 Å². The maximum Gasteiger partial charge on any atom is 0.343 e. The number of aliphatic imine (C=N–C) groups is 1. The number of nitrogens with two attached hydrogens (primary N) is 2. The van der Waals surface area contributed by atoms with Gasteiger partial charge in [-0.25, -0.2) is 9.79 Å². The summed E-state index contributed by atoms with van der Waals surface area (Å²) in [6.45, 7) is 1.86. The van der Waals surface area contributed by atoms with Gasteiger partial charge in [-0.05, 0) is 56.2 Å². The van der Waals surface area contributed by atoms with Gasteiger partial charge < -0.3 is 20.9 Å². The largest absolute Gasteiger partial charge is 0.426 e. The minimum atomic E-state index is -0.559. The maximum atomic E-state index is 12.3. The molecular weight excluding hydrogens is 414 g/mol. The van der Waals surface area contributed by atoms with Crippen LogP contribution in [0.25, 0.3) is 0 Å². The number of hydrogen-bond donors (Lipinski definition) is 2. The molecule has 7 nitrogen and oxygen atoms in total. The minimum absolute atomic E-state index is 0.0680. The van der Waals surface area contributed by atoms with Gasteiger partial charge in [0, 0.05) is 10.5 Å². The highest BCUT2D eigenvalue weighted by Crippen LogP contribution is 2.46. The molecule has 0 saturated heterocycles. The Morgan fingerprint density at radius 3 is 2.19 bits per heavy atom. The van der Waals surface area contributed by atoms with Crippen LogP contribution in [0.4, 0.5) is 5.69 Å². The summed E-state index contributed by atoms with van der Waals surface area (Å²) in [5, 5.41) is 0. The van der Waals surface area contributed by atoms with Crippen LogP contribution in [0.5, 0.6) is 11.5 Å². The van der Waals surface area contributed by atoms with Gasteiger partial charge in [0.25, 0.3) is 0 Å². The van der Waals surface area contributed by atoms with E-state index in [9.17, 15) is 9.59 Å². The summed E-state index contributed by atoms with van der Waals surface area (Å²) >= 11 is 3.33. The van der Waals surface area contributed by atoms with Gasteiger partial charge in [-0.1, -0.05) is 15.9 Å². The van der Waals surface area contributed by atoms with Crippen molar-refractivity contribution >= 4 is 39.5 Å². The first kappa shape index (κ1) is 18.9. The van der Waals surface area contributed by atoms with E-state index in [-0.39, 0.29) is 17.7 Å². The van der Waals surface area contributed by atoms with E-state index in [0.717, 1.165) is 12.8 Å². The molecule has 8 heteroatoms. The third kappa shape index (κ3) is 4.85. The second-order valence-electron chi connectivity index (χ2n) is 6.55. The fraction of sp³-hybridized carbons (Fsp3) is 0.211. The Labute approximate surface area is 164 Å². The Balaban J connectivity index is 1.72. The molecule has 0 radical (unpaired) electrons. The van der Waals surface area contributed by atoms with Crippen molar-refractivity contribution < 1.29 is 19.1 Å². The highest BCUT2D eigenvalue weighted by molar-refractivity contribution is 9.10. The minimum Gasteiger partial charge on any atom is -0.426 e. The molecule has 0 aliphatic heterocycles. The van der Waals surface area contributed by atoms with Crippen LogP contribution in [0.15, 0.2) is 51.9 Å². The van der Waals surface area contributed by atoms with Gasteiger partial charge in [-0.3, -0.25) is 4.79 Å². The van der Waals surface area contributed by atoms with Crippen molar-refractivity contribution in [3.63, 3.8) is 0 Å². The molecule has 3 rings (SSSR count). The SMILES string of the molecule is CC1(C(=O)Oc2cc(Br)cc(OC(=O)c3ccc(N=C(N)N)cc3)c2)CC1. The van der Waals surface area contributed by atoms with Gasteiger partial charge in [0.05, 0.1) is 16.7 Å². The third-order valence-electron chi connectivity index (χ3n) is 4.12. The van der Waals surface area contributed by atoms with Crippen LogP contribution in [-0.2, 0) is 4.79 Å². The Hall–Kier alpha value is -2.87. The number of rotatable bonds is 5. The van der Waals surface area contributed by atoms with Gasteiger partial charge in [0.15, 0.2) is 5.96 Å². The van der Waals surface area contributed by atoms with E-state index in [1.165, 1.54) is 6.07 Å². The lowest BCUT2D eigenvalue weighted by Crippen LogP contribution is -2.21. The molecule has 0 amide bonds. The fourth-order valence-corrected chi connectivity index (χ4v) is 2.72. The van der Waals surface area contributed by atoms with Crippen LogP contribution in [-0.4, -0.2) is 17.9 Å². The lowest BCUT2D eigenvalue weighted by molar-refractivity contribution is -0.139. The van der Waals surface area contributed by atoms with Crippen molar-refractivity contribution in [1.29, 1.82) is 0 Å². The van der Waals surface area contributed by atoms with E-state index >= 15 is 0 Å². The molecule has 1 saturated carbocycles. The molecule has 1 fully saturated rings. The Kier molecular flexibility index (Phi) is 5.18. The van der Waals surface area contributed by atoms with Gasteiger partial charge in [0.2, 0.25) is 0 Å². The van der Waals surface area contributed by atoms with E-state index in [1.807, 2.05) is 6.92 Å². The number of hydrogen-bond acceptors (Lipinski definition) is 5. The van der Waals surface area contributed by atoms with Gasteiger partial charge in [0.1, 0.15) is 11.5 Å². The van der Waals surface area contributed by atoms with Crippen molar-refractivity contribution in [3.8, 4) is 11.5 Å². The summed E-state index contributed by atoms with van der Waals surface area (Å²) in [6.07, 6.45) is 1.63. The predicted octanol–water partition coefficient (Wildman–Crippen LogP) is 3.28. The highest BCUT2D eigenvalue weighted by atomic mass is 79.9. The Morgan fingerprint density at radius 2 is 1.63 bits per heavy atom. The molecule has 0 aromatic heterocycles. The van der Waals surface area contributed by atoms with Crippen LogP contribution < -0.4 is 20.9 Å². The number of carbonyl (C=O) groups excluding carboxylic acids is 2. The van der Waals surface area contributed by atoms with Crippen molar-refractivity contribution in [2.45, 2.75) is 19.8 Å². The first-order valence-corrected chi connectivity index (χ1v) is 8.99. The number of carbonyl (C=O) groups is 2. The number of halogens is 1. The van der Waals surface area contributed by atoms with Crippen LogP contribution >= 0.6 is 15.9 Å². The van der Waals surface area contributed by atoms with Gasteiger partial charge in [-0.15, -0.1) is 0 Å². The molecule has 0 spiro atoms. The number of esters is 2. The maximum absolute atomic E-state index is 12.3. The quantitative estimate of drug-likeness (QED) is 0.324. The van der Waals surface area contributed by atoms with Crippen molar-refractivity contribution in [1.82, 2.24) is 0 Å². The molecule has 0 heterocycles. The summed E-state index contributed by atoms with van der Waals surface area (Å²) < 4.78 is 11.4. The molecule has 4 N–H and O–H groups in total. The van der Waals surface area contributed by atoms with Gasteiger partial charge in [-0.2, -0.15) is 0 Å². The average molecular weight is 432 g/mol. The second kappa shape index (κ2) is 7.40. The number of ether oxygens (including phenoxy) is 2. The summed E-state index contributed by atoms with van der Waals surface area (Å²) in [5.41, 5.74) is 11.1. The van der Waals surface area contributed by atoms with Crippen LogP contribution in [0.2, 0.25) is 0 Å². The standard InChI is InChI=1S/C19H18BrN3O4/c1-19(6-7-19)17(25)27-15-9-12(20)8-14(10-15)26-16(24)11-2-4-13(5-3-11)23-18(21)22/h2-5,8-10H,6-7H2,1H3,(H4,21,22,23). The van der Waals surface area contributed by atoms with Crippen LogP contribution in [0.1, 0.15) is 30.1 Å². The number of benzene rings is 2. The molecule has 1 aliphatic carbocycles. The van der Waals surface area contributed by atoms with E-state index in [1.54, 1.807) is 36.4 Å². The summed E-state index contributed by atoms with van der Waals surface area (Å²) in [7, 11) is 0. The monoisotopic (exact) mass is 431 g/mol. The van der Waals surface area contributed by atoms with E-state index in [0.29, 0.717) is 21.5 Å². The molecule has 27 heavy (non-hydrogen) atoms. The number of guanidine groups is 1. The van der Waals surface area contributed by atoms with Gasteiger partial charge >= 0.3 is 11.9 Å². The fourth-order valence-electron chi connectivity index (χ4n) is 2.26. The number of nitrogens with zero attached hydrogens (tertiary/aromatic N) is 1. The van der Waals surface area contributed by atoms with Crippen molar-refractivity contribution in [2.75, 3.05) is 0 Å². The van der Waals surface area contributed by atoms with E-state index in [2.05, 4.69) is 20.9 Å². The molecule has 0 atom stereocenters. The van der Waals surface area contributed by atoms with E-state index < -0.39 is 11.4 Å². The Bertz CT molecular complexity index is 917. The Morgan fingerprint density at radius 1 is 1.04 bits per heavy atom. The zero-order chi connectivity index (χ0) is 19.6. The normalized spacial score (nSPS) is 14.1. The molecule has 1 aliphatic rings. The zero-order valence-corrected chi connectivity index (χ0v) is 16.2. The molecule has 0 unspecified atom stereocenters. The topological polar surface area (TPSA) is 117 Å². The molecule has 2 aromatic rings. The highest BCUT2D eigenvalue weighted by Gasteiger charge is 2.46. The third-order valence-corrected chi connectivity index (χ3v) is 4.58. The lowest BCUT2D eigenvalue weighted by atomic mass is 10.1. The van der Waals surface area contributed by atoms with Crippen LogP contribution in [0, 0.1) is 5.41 Å². The van der Waals surface area contributed by atoms with Crippen molar-refractivity contribution in [2.24, 2.45) is 21.9 Å². The molecular formula is C19H18BrN3O4. The first-order valence-electron chi connectivity index (χ1n) is 8.20. The smallest absolute Gasteiger partial charge is 0.343 e. The molecule has 2 aromatic carbocycles. The first-order chi connectivity index (χ1) is 12.7. The lowest BCUT2D eigenvalue weighted by Gasteiger charge is -2.11. The molecule has 140 valence electrons. The van der Waals surface area contributed by atoms with Crippen molar-refractivity contribution in [3.05, 3.63) is 52.5 Å². The zero-order valence-electron chi connectivity index (χ0n) is 14.6. The van der Waals surface area contributed by atoms with E-state index in [4.69, 9.17) is 20.9 Å². The molecule has 0 bridgehead atoms. The second-order valence-corrected chi connectivity index (χ2v) is 7.46. The average Bonchev–Trinajstić information content (AvgIpc) is 3.33. The summed E-state index contributed by atoms with van der Waals surface area (Å²) in [5.74, 6) is -0.342.